The van der Waals surface area contributed by atoms with Crippen molar-refractivity contribution < 1.29 is 5.11 Å². The Kier molecular flexibility index (Phi) is 4.33. The molecule has 1 aromatic heterocycles. The predicted molar refractivity (Wildman–Crippen MR) is 92.9 cm³/mol. The van der Waals surface area contributed by atoms with Crippen molar-refractivity contribution in [3.63, 3.8) is 0 Å². The highest BCUT2D eigenvalue weighted by Crippen LogP contribution is 2.29. The number of aliphatic hydroxyl groups is 1. The number of nitrogens with zero attached hydrogens (tertiary/aromatic N) is 3. The van der Waals surface area contributed by atoms with Gasteiger partial charge in [-0.15, -0.1) is 0 Å². The average Bonchev–Trinajstić information content (AvgIpc) is 2.72. The van der Waals surface area contributed by atoms with E-state index in [4.69, 9.17) is 0 Å². The number of hydrogen-bond donors (Lipinski definition) is 1. The van der Waals surface area contributed by atoms with Crippen LogP contribution in [0.3, 0.4) is 0 Å². The van der Waals surface area contributed by atoms with Crippen LogP contribution in [0.4, 0.5) is 0 Å². The summed E-state index contributed by atoms with van der Waals surface area (Å²) in [6.07, 6.45) is 0. The molecule has 1 N–H and O–H groups in total. The summed E-state index contributed by atoms with van der Waals surface area (Å²) in [6, 6.07) is 9.90. The molecule has 23 heavy (non-hydrogen) atoms. The maximum absolute atomic E-state index is 10.6. The van der Waals surface area contributed by atoms with Gasteiger partial charge in [0.15, 0.2) is 5.76 Å². The van der Waals surface area contributed by atoms with Gasteiger partial charge in [0.05, 0.1) is 5.69 Å². The normalized spacial score (nSPS) is 12.7. The van der Waals surface area contributed by atoms with Gasteiger partial charge in [0.25, 0.3) is 0 Å². The molecular weight excluding hydrogens is 286 g/mol. The molecule has 0 aliphatic heterocycles. The second-order valence-electron chi connectivity index (χ2n) is 6.85. The Bertz CT molecular complexity index is 797. The quantitative estimate of drug-likeness (QED) is 0.665. The summed E-state index contributed by atoms with van der Waals surface area (Å²) in [5, 5.41) is 24.5. The van der Waals surface area contributed by atoms with E-state index in [1.165, 1.54) is 5.56 Å². The summed E-state index contributed by atoms with van der Waals surface area (Å²) in [4.78, 5) is 0. The second kappa shape index (κ2) is 5.92. The minimum absolute atomic E-state index is 0.0309. The summed E-state index contributed by atoms with van der Waals surface area (Å²) < 4.78 is 1.61. The Morgan fingerprint density at radius 2 is 1.74 bits per heavy atom. The van der Waals surface area contributed by atoms with Crippen molar-refractivity contribution in [1.82, 2.24) is 9.78 Å². The molecule has 0 aliphatic rings. The molecule has 4 heteroatoms. The lowest BCUT2D eigenvalue weighted by atomic mass is 9.86. The van der Waals surface area contributed by atoms with Gasteiger partial charge in [-0.1, -0.05) is 45.0 Å². The number of allylic oxidation sites excluding steroid dienone is 1. The summed E-state index contributed by atoms with van der Waals surface area (Å²) in [5.74, 6) is -0.0309. The number of hydrogen-bond acceptors (Lipinski definition) is 3. The molecule has 2 aromatic rings. The van der Waals surface area contributed by atoms with Crippen LogP contribution in [0.2, 0.25) is 0 Å². The maximum atomic E-state index is 10.6. The van der Waals surface area contributed by atoms with E-state index >= 15 is 0 Å². The standard InChI is InChI=1S/C19H23N3O/c1-12-13(2)21-22(6)17(12)18(23)16(11-20)14-7-9-15(10-8-14)19(3,4)5/h7-10,23H,1-6H3/b18-16+. The zero-order valence-corrected chi connectivity index (χ0v) is 14.6. The highest BCUT2D eigenvalue weighted by atomic mass is 16.3. The number of benzene rings is 1. The minimum atomic E-state index is -0.0309. The molecule has 120 valence electrons. The third-order valence-electron chi connectivity index (χ3n) is 4.13. The Morgan fingerprint density at radius 3 is 2.13 bits per heavy atom. The fraction of sp³-hybridized carbons (Fsp3) is 0.368. The van der Waals surface area contributed by atoms with Gasteiger partial charge >= 0.3 is 0 Å². The smallest absolute Gasteiger partial charge is 0.159 e. The predicted octanol–water partition coefficient (Wildman–Crippen LogP) is 4.28. The molecule has 0 saturated heterocycles. The molecule has 0 bridgehead atoms. The maximum Gasteiger partial charge on any atom is 0.159 e. The lowest BCUT2D eigenvalue weighted by molar-refractivity contribution is 0.502. The molecule has 0 spiro atoms. The summed E-state index contributed by atoms with van der Waals surface area (Å²) in [6.45, 7) is 10.2. The van der Waals surface area contributed by atoms with Crippen LogP contribution < -0.4 is 0 Å². The lowest BCUT2D eigenvalue weighted by Gasteiger charge is -2.19. The Balaban J connectivity index is 2.57. The Hall–Kier alpha value is -2.54. The van der Waals surface area contributed by atoms with Crippen molar-refractivity contribution in [3.05, 3.63) is 52.3 Å². The summed E-state index contributed by atoms with van der Waals surface area (Å²) >= 11 is 0. The van der Waals surface area contributed by atoms with E-state index in [2.05, 4.69) is 31.9 Å². The van der Waals surface area contributed by atoms with Crippen molar-refractivity contribution in [2.24, 2.45) is 7.05 Å². The lowest BCUT2D eigenvalue weighted by Crippen LogP contribution is -2.10. The van der Waals surface area contributed by atoms with E-state index in [1.807, 2.05) is 38.1 Å². The molecule has 0 saturated carbocycles. The fourth-order valence-electron chi connectivity index (χ4n) is 2.60. The van der Waals surface area contributed by atoms with Crippen LogP contribution in [0, 0.1) is 25.2 Å². The van der Waals surface area contributed by atoms with Crippen LogP contribution in [0.1, 0.15) is 48.8 Å². The summed E-state index contributed by atoms with van der Waals surface area (Å²) in [5.41, 5.74) is 4.50. The molecule has 0 fully saturated rings. The number of nitriles is 1. The largest absolute Gasteiger partial charge is 0.504 e. The first-order chi connectivity index (χ1) is 10.7. The van der Waals surface area contributed by atoms with E-state index in [0.717, 1.165) is 11.3 Å². The van der Waals surface area contributed by atoms with Crippen molar-refractivity contribution >= 4 is 11.3 Å². The molecule has 0 atom stereocenters. The van der Waals surface area contributed by atoms with E-state index < -0.39 is 0 Å². The topological polar surface area (TPSA) is 61.8 Å². The molecular formula is C19H23N3O. The van der Waals surface area contributed by atoms with E-state index in [0.29, 0.717) is 11.3 Å². The van der Waals surface area contributed by atoms with Gasteiger partial charge < -0.3 is 5.11 Å². The molecule has 0 amide bonds. The molecule has 4 nitrogen and oxygen atoms in total. The first-order valence-electron chi connectivity index (χ1n) is 7.61. The molecule has 0 radical (unpaired) electrons. The number of aliphatic hydroxyl groups excluding tert-OH is 1. The van der Waals surface area contributed by atoms with Crippen LogP contribution in [-0.4, -0.2) is 14.9 Å². The highest BCUT2D eigenvalue weighted by molar-refractivity contribution is 5.94. The number of rotatable bonds is 2. The average molecular weight is 309 g/mol. The van der Waals surface area contributed by atoms with Gasteiger partial charge in [-0.05, 0) is 30.4 Å². The number of aryl methyl sites for hydroxylation is 2. The van der Waals surface area contributed by atoms with E-state index in [9.17, 15) is 10.4 Å². The molecule has 1 aromatic carbocycles. The fourth-order valence-corrected chi connectivity index (χ4v) is 2.60. The zero-order chi connectivity index (χ0) is 17.4. The van der Waals surface area contributed by atoms with Crippen molar-refractivity contribution in [1.29, 1.82) is 5.26 Å². The summed E-state index contributed by atoms with van der Waals surface area (Å²) in [7, 11) is 1.77. The van der Waals surface area contributed by atoms with Crippen LogP contribution in [0.5, 0.6) is 0 Å². The van der Waals surface area contributed by atoms with Crippen LogP contribution in [0.25, 0.3) is 11.3 Å². The van der Waals surface area contributed by atoms with Crippen LogP contribution >= 0.6 is 0 Å². The zero-order valence-electron chi connectivity index (χ0n) is 14.6. The van der Waals surface area contributed by atoms with Crippen molar-refractivity contribution in [3.8, 4) is 6.07 Å². The van der Waals surface area contributed by atoms with Gasteiger partial charge in [0.2, 0.25) is 0 Å². The molecule has 1 heterocycles. The second-order valence-corrected chi connectivity index (χ2v) is 6.85. The van der Waals surface area contributed by atoms with E-state index in [1.54, 1.807) is 11.7 Å². The molecule has 0 aliphatic carbocycles. The third kappa shape index (κ3) is 3.14. The van der Waals surface area contributed by atoms with Gasteiger partial charge in [0, 0.05) is 12.6 Å². The minimum Gasteiger partial charge on any atom is -0.504 e. The van der Waals surface area contributed by atoms with Crippen molar-refractivity contribution in [2.75, 3.05) is 0 Å². The van der Waals surface area contributed by atoms with Gasteiger partial charge in [-0.3, -0.25) is 4.68 Å². The highest BCUT2D eigenvalue weighted by Gasteiger charge is 2.19. The Labute approximate surface area is 137 Å². The monoisotopic (exact) mass is 309 g/mol. The van der Waals surface area contributed by atoms with E-state index in [-0.39, 0.29) is 16.7 Å². The number of aromatic nitrogens is 2. The van der Waals surface area contributed by atoms with Crippen LogP contribution in [-0.2, 0) is 12.5 Å². The molecule has 2 rings (SSSR count). The first-order valence-corrected chi connectivity index (χ1v) is 7.61. The van der Waals surface area contributed by atoms with Gasteiger partial charge in [-0.2, -0.15) is 10.4 Å². The van der Waals surface area contributed by atoms with Gasteiger partial charge in [0.1, 0.15) is 17.3 Å². The SMILES string of the molecule is Cc1nn(C)c(/C(O)=C(/C#N)c2ccc(C(C)(C)C)cc2)c1C. The first kappa shape index (κ1) is 16.8. The van der Waals surface area contributed by atoms with Crippen molar-refractivity contribution in [2.45, 2.75) is 40.0 Å². The third-order valence-corrected chi connectivity index (χ3v) is 4.13. The van der Waals surface area contributed by atoms with Gasteiger partial charge in [-0.25, -0.2) is 0 Å². The van der Waals surface area contributed by atoms with Crippen LogP contribution in [0.15, 0.2) is 24.3 Å². The molecule has 0 unspecified atom stereocenters. The Morgan fingerprint density at radius 1 is 1.17 bits per heavy atom.